The summed E-state index contributed by atoms with van der Waals surface area (Å²) in [6.07, 6.45) is 1.10. The van der Waals surface area contributed by atoms with Crippen molar-refractivity contribution in [3.8, 4) is 0 Å². The topological polar surface area (TPSA) is 89.3 Å². The fourth-order valence-electron chi connectivity index (χ4n) is 1.40. The number of aryl methyl sites for hydroxylation is 1. The highest BCUT2D eigenvalue weighted by Gasteiger charge is 2.30. The molecule has 112 valence electrons. The molecule has 0 saturated heterocycles. The van der Waals surface area contributed by atoms with Crippen LogP contribution in [0.4, 0.5) is 15.8 Å². The maximum atomic E-state index is 13.4. The zero-order chi connectivity index (χ0) is 15.7. The molecule has 0 atom stereocenters. The van der Waals surface area contributed by atoms with E-state index in [1.807, 2.05) is 0 Å². The van der Waals surface area contributed by atoms with E-state index in [4.69, 9.17) is 0 Å². The largest absolute Gasteiger partial charge is 0.378 e. The van der Waals surface area contributed by atoms with Crippen molar-refractivity contribution in [2.24, 2.45) is 0 Å². The molecule has 0 aliphatic carbocycles. The van der Waals surface area contributed by atoms with Gasteiger partial charge in [-0.25, -0.2) is 12.8 Å². The second-order valence-corrected chi connectivity index (χ2v) is 7.91. The molecule has 1 N–H and O–H groups in total. The Bertz CT molecular complexity index is 641. The predicted molar refractivity (Wildman–Crippen MR) is 75.2 cm³/mol. The third kappa shape index (κ3) is 3.44. The van der Waals surface area contributed by atoms with Crippen molar-refractivity contribution in [1.29, 1.82) is 0 Å². The molecule has 0 saturated carbocycles. The van der Waals surface area contributed by atoms with Gasteiger partial charge < -0.3 is 5.32 Å². The molecule has 0 aliphatic heterocycles. The molecule has 0 spiro atoms. The second kappa shape index (κ2) is 5.35. The number of nitro groups is 1. The van der Waals surface area contributed by atoms with Crippen LogP contribution in [0.1, 0.15) is 19.4 Å². The molecule has 6 nitrogen and oxygen atoms in total. The third-order valence-corrected chi connectivity index (χ3v) is 5.33. The molecule has 1 aromatic rings. The molecular weight excluding hydrogens is 287 g/mol. The van der Waals surface area contributed by atoms with Crippen LogP contribution in [0.3, 0.4) is 0 Å². The molecule has 0 radical (unpaired) electrons. The van der Waals surface area contributed by atoms with Crippen molar-refractivity contribution in [2.75, 3.05) is 18.1 Å². The van der Waals surface area contributed by atoms with Crippen LogP contribution in [-0.2, 0) is 9.84 Å². The van der Waals surface area contributed by atoms with Crippen LogP contribution >= 0.6 is 0 Å². The summed E-state index contributed by atoms with van der Waals surface area (Å²) in [4.78, 5) is 10.2. The minimum atomic E-state index is -3.33. The molecule has 8 heteroatoms. The average Bonchev–Trinajstić information content (AvgIpc) is 2.28. The van der Waals surface area contributed by atoms with Gasteiger partial charge in [-0.1, -0.05) is 0 Å². The Morgan fingerprint density at radius 1 is 1.40 bits per heavy atom. The van der Waals surface area contributed by atoms with Gasteiger partial charge in [0.15, 0.2) is 9.84 Å². The van der Waals surface area contributed by atoms with Crippen molar-refractivity contribution in [3.05, 3.63) is 33.6 Å². The van der Waals surface area contributed by atoms with E-state index in [9.17, 15) is 22.9 Å². The van der Waals surface area contributed by atoms with E-state index in [0.717, 1.165) is 12.3 Å². The van der Waals surface area contributed by atoms with Gasteiger partial charge in [0, 0.05) is 12.8 Å². The normalized spacial score (nSPS) is 12.2. The summed E-state index contributed by atoms with van der Waals surface area (Å²) in [6.45, 7) is 4.48. The number of hydrogen-bond donors (Lipinski definition) is 1. The fraction of sp³-hybridized carbons (Fsp3) is 0.500. The standard InChI is InChI=1S/C12H17FN2O4S/c1-8-5-10(11(15(16)17)6-9(8)13)14-7-12(2,3)20(4,18)19/h5-6,14H,7H2,1-4H3. The van der Waals surface area contributed by atoms with E-state index in [1.165, 1.54) is 26.8 Å². The molecule has 1 aromatic carbocycles. The number of nitro benzene ring substituents is 1. The molecular formula is C12H17FN2O4S. The number of sulfone groups is 1. The summed E-state index contributed by atoms with van der Waals surface area (Å²) in [6, 6.07) is 2.12. The summed E-state index contributed by atoms with van der Waals surface area (Å²) in [7, 11) is -3.33. The first-order valence-corrected chi connectivity index (χ1v) is 7.73. The van der Waals surface area contributed by atoms with Gasteiger partial charge in [-0.05, 0) is 32.4 Å². The lowest BCUT2D eigenvalue weighted by Gasteiger charge is -2.23. The summed E-state index contributed by atoms with van der Waals surface area (Å²) >= 11 is 0. The van der Waals surface area contributed by atoms with Crippen molar-refractivity contribution in [3.63, 3.8) is 0 Å². The lowest BCUT2D eigenvalue weighted by Crippen LogP contribution is -2.38. The molecule has 0 aromatic heterocycles. The summed E-state index contributed by atoms with van der Waals surface area (Å²) in [5.41, 5.74) is -0.0710. The first kappa shape index (κ1) is 16.4. The minimum absolute atomic E-state index is 0.0161. The Kier molecular flexibility index (Phi) is 4.38. The minimum Gasteiger partial charge on any atom is -0.378 e. The van der Waals surface area contributed by atoms with Crippen LogP contribution in [0, 0.1) is 22.9 Å². The molecule has 0 aliphatic rings. The second-order valence-electron chi connectivity index (χ2n) is 5.26. The molecule has 0 heterocycles. The number of nitrogens with zero attached hydrogens (tertiary/aromatic N) is 1. The molecule has 1 rings (SSSR count). The van der Waals surface area contributed by atoms with Gasteiger partial charge in [-0.15, -0.1) is 0 Å². The van der Waals surface area contributed by atoms with Gasteiger partial charge in [0.1, 0.15) is 11.5 Å². The zero-order valence-corrected chi connectivity index (χ0v) is 12.5. The first-order valence-electron chi connectivity index (χ1n) is 5.84. The Balaban J connectivity index is 3.10. The van der Waals surface area contributed by atoms with Crippen LogP contribution in [-0.4, -0.2) is 30.9 Å². The van der Waals surface area contributed by atoms with E-state index in [-0.39, 0.29) is 17.8 Å². The maximum absolute atomic E-state index is 13.4. The SMILES string of the molecule is Cc1cc(NCC(C)(C)S(C)(=O)=O)c([N+](=O)[O-])cc1F. The number of hydrogen-bond acceptors (Lipinski definition) is 5. The van der Waals surface area contributed by atoms with Gasteiger partial charge in [0.25, 0.3) is 5.69 Å². The number of rotatable bonds is 5. The van der Waals surface area contributed by atoms with Crippen LogP contribution in [0.2, 0.25) is 0 Å². The van der Waals surface area contributed by atoms with Crippen molar-refractivity contribution in [2.45, 2.75) is 25.5 Å². The quantitative estimate of drug-likeness (QED) is 0.666. The number of benzene rings is 1. The van der Waals surface area contributed by atoms with E-state index in [2.05, 4.69) is 5.32 Å². The highest BCUT2D eigenvalue weighted by Crippen LogP contribution is 2.28. The van der Waals surface area contributed by atoms with Crippen LogP contribution < -0.4 is 5.32 Å². The number of anilines is 1. The Labute approximate surface area is 117 Å². The highest BCUT2D eigenvalue weighted by atomic mass is 32.2. The molecule has 0 bridgehead atoms. The van der Waals surface area contributed by atoms with Crippen molar-refractivity contribution in [1.82, 2.24) is 0 Å². The molecule has 0 amide bonds. The Hall–Kier alpha value is -1.70. The summed E-state index contributed by atoms with van der Waals surface area (Å²) in [5, 5.41) is 13.6. The number of nitrogens with one attached hydrogen (secondary N) is 1. The fourth-order valence-corrected chi connectivity index (χ4v) is 1.74. The number of halogens is 1. The monoisotopic (exact) mass is 304 g/mol. The molecule has 0 unspecified atom stereocenters. The lowest BCUT2D eigenvalue weighted by atomic mass is 10.1. The van der Waals surface area contributed by atoms with Crippen LogP contribution in [0.15, 0.2) is 12.1 Å². The third-order valence-electron chi connectivity index (χ3n) is 3.18. The van der Waals surface area contributed by atoms with Crippen molar-refractivity contribution >= 4 is 21.2 Å². The van der Waals surface area contributed by atoms with Gasteiger partial charge in [-0.3, -0.25) is 10.1 Å². The van der Waals surface area contributed by atoms with Gasteiger partial charge in [-0.2, -0.15) is 0 Å². The van der Waals surface area contributed by atoms with E-state index >= 15 is 0 Å². The average molecular weight is 304 g/mol. The highest BCUT2D eigenvalue weighted by molar-refractivity contribution is 7.92. The first-order chi connectivity index (χ1) is 8.95. The summed E-state index contributed by atoms with van der Waals surface area (Å²) < 4.78 is 35.4. The van der Waals surface area contributed by atoms with Crippen molar-refractivity contribution < 1.29 is 17.7 Å². The molecule has 20 heavy (non-hydrogen) atoms. The van der Waals surface area contributed by atoms with Gasteiger partial charge in [0.05, 0.1) is 15.7 Å². The van der Waals surface area contributed by atoms with Crippen LogP contribution in [0.5, 0.6) is 0 Å². The van der Waals surface area contributed by atoms with Gasteiger partial charge >= 0.3 is 0 Å². The predicted octanol–water partition coefficient (Wildman–Crippen LogP) is 2.28. The van der Waals surface area contributed by atoms with E-state index < -0.39 is 31.0 Å². The molecule has 0 fully saturated rings. The Morgan fingerprint density at radius 2 is 1.95 bits per heavy atom. The van der Waals surface area contributed by atoms with Crippen LogP contribution in [0.25, 0.3) is 0 Å². The van der Waals surface area contributed by atoms with E-state index in [0.29, 0.717) is 0 Å². The lowest BCUT2D eigenvalue weighted by molar-refractivity contribution is -0.384. The summed E-state index contributed by atoms with van der Waals surface area (Å²) in [5.74, 6) is -0.676. The smallest absolute Gasteiger partial charge is 0.295 e. The Morgan fingerprint density at radius 3 is 2.40 bits per heavy atom. The van der Waals surface area contributed by atoms with Gasteiger partial charge in [0.2, 0.25) is 0 Å². The maximum Gasteiger partial charge on any atom is 0.295 e. The van der Waals surface area contributed by atoms with E-state index in [1.54, 1.807) is 0 Å². The zero-order valence-electron chi connectivity index (χ0n) is 11.7.